The molecule has 112 valence electrons. The minimum Gasteiger partial charge on any atom is -0.456 e. The fourth-order valence-electron chi connectivity index (χ4n) is 2.20. The lowest BCUT2D eigenvalue weighted by molar-refractivity contribution is 0.472. The van der Waals surface area contributed by atoms with Crippen molar-refractivity contribution in [2.75, 3.05) is 0 Å². The predicted molar refractivity (Wildman–Crippen MR) is 89.4 cm³/mol. The largest absolute Gasteiger partial charge is 0.456 e. The summed E-state index contributed by atoms with van der Waals surface area (Å²) in [6.45, 7) is 6.18. The molecule has 2 aromatic carbocycles. The quantitative estimate of drug-likeness (QED) is 0.841. The van der Waals surface area contributed by atoms with Gasteiger partial charge in [-0.15, -0.1) is 0 Å². The first-order valence-electron chi connectivity index (χ1n) is 7.28. The summed E-state index contributed by atoms with van der Waals surface area (Å²) in [6, 6.07) is 12.1. The summed E-state index contributed by atoms with van der Waals surface area (Å²) in [7, 11) is 0. The number of rotatable bonds is 5. The van der Waals surface area contributed by atoms with Crippen LogP contribution in [-0.2, 0) is 6.42 Å². The van der Waals surface area contributed by atoms with Crippen LogP contribution < -0.4 is 10.5 Å². The number of aryl methyl sites for hydroxylation is 2. The molecule has 0 aromatic heterocycles. The van der Waals surface area contributed by atoms with Gasteiger partial charge in [0.15, 0.2) is 0 Å². The maximum absolute atomic E-state index is 6.25. The molecule has 0 aliphatic heterocycles. The zero-order chi connectivity index (χ0) is 15.4. The van der Waals surface area contributed by atoms with E-state index in [4.69, 9.17) is 22.1 Å². The number of ether oxygens (including phenoxy) is 1. The van der Waals surface area contributed by atoms with Crippen LogP contribution >= 0.6 is 11.6 Å². The van der Waals surface area contributed by atoms with Crippen LogP contribution in [0.2, 0.25) is 5.02 Å². The molecule has 0 fully saturated rings. The number of benzene rings is 2. The van der Waals surface area contributed by atoms with Gasteiger partial charge in [0.2, 0.25) is 0 Å². The van der Waals surface area contributed by atoms with Gasteiger partial charge in [0, 0.05) is 6.04 Å². The van der Waals surface area contributed by atoms with E-state index in [1.54, 1.807) is 0 Å². The van der Waals surface area contributed by atoms with Crippen molar-refractivity contribution in [3.63, 3.8) is 0 Å². The van der Waals surface area contributed by atoms with Crippen molar-refractivity contribution in [2.45, 2.75) is 39.7 Å². The van der Waals surface area contributed by atoms with E-state index in [0.29, 0.717) is 10.8 Å². The number of nitrogens with two attached hydrogens (primary N) is 1. The van der Waals surface area contributed by atoms with Gasteiger partial charge in [0.25, 0.3) is 0 Å². The van der Waals surface area contributed by atoms with Crippen LogP contribution in [0.1, 0.15) is 30.0 Å². The molecule has 0 radical (unpaired) electrons. The third kappa shape index (κ3) is 4.23. The fourth-order valence-corrected chi connectivity index (χ4v) is 2.47. The summed E-state index contributed by atoms with van der Waals surface area (Å²) >= 11 is 6.25. The van der Waals surface area contributed by atoms with E-state index in [0.717, 1.165) is 29.7 Å². The molecule has 1 unspecified atom stereocenters. The van der Waals surface area contributed by atoms with Gasteiger partial charge in [-0.25, -0.2) is 0 Å². The Labute approximate surface area is 131 Å². The van der Waals surface area contributed by atoms with E-state index in [1.165, 1.54) is 5.56 Å². The molecule has 0 bridgehead atoms. The van der Waals surface area contributed by atoms with E-state index in [9.17, 15) is 0 Å². The molecule has 0 saturated heterocycles. The van der Waals surface area contributed by atoms with Crippen molar-refractivity contribution < 1.29 is 4.74 Å². The van der Waals surface area contributed by atoms with Crippen molar-refractivity contribution in [3.8, 4) is 11.5 Å². The third-order valence-corrected chi connectivity index (χ3v) is 3.83. The molecular weight excluding hydrogens is 282 g/mol. The smallest absolute Gasteiger partial charge is 0.146 e. The maximum atomic E-state index is 6.25. The summed E-state index contributed by atoms with van der Waals surface area (Å²) in [4.78, 5) is 0. The highest BCUT2D eigenvalue weighted by Gasteiger charge is 2.11. The second-order valence-electron chi connectivity index (χ2n) is 5.52. The van der Waals surface area contributed by atoms with Gasteiger partial charge in [0.1, 0.15) is 11.5 Å². The zero-order valence-electron chi connectivity index (χ0n) is 12.8. The highest BCUT2D eigenvalue weighted by molar-refractivity contribution is 6.32. The molecule has 21 heavy (non-hydrogen) atoms. The van der Waals surface area contributed by atoms with Crippen LogP contribution in [0.25, 0.3) is 0 Å². The van der Waals surface area contributed by atoms with Crippen molar-refractivity contribution in [2.24, 2.45) is 5.73 Å². The van der Waals surface area contributed by atoms with Crippen LogP contribution in [0, 0.1) is 13.8 Å². The summed E-state index contributed by atoms with van der Waals surface area (Å²) in [6.07, 6.45) is 1.75. The molecule has 0 heterocycles. The van der Waals surface area contributed by atoms with Crippen LogP contribution in [-0.4, -0.2) is 6.04 Å². The summed E-state index contributed by atoms with van der Waals surface area (Å²) in [5.41, 5.74) is 9.53. The van der Waals surface area contributed by atoms with Crippen molar-refractivity contribution in [3.05, 3.63) is 58.1 Å². The van der Waals surface area contributed by atoms with Crippen LogP contribution in [0.15, 0.2) is 36.4 Å². The predicted octanol–water partition coefficient (Wildman–Crippen LogP) is 5.03. The molecule has 0 saturated carbocycles. The molecule has 0 aliphatic rings. The first-order valence-corrected chi connectivity index (χ1v) is 7.66. The van der Waals surface area contributed by atoms with Gasteiger partial charge < -0.3 is 10.5 Å². The Kier molecular flexibility index (Phi) is 5.27. The van der Waals surface area contributed by atoms with Crippen molar-refractivity contribution >= 4 is 11.6 Å². The van der Waals surface area contributed by atoms with E-state index >= 15 is 0 Å². The number of hydrogen-bond donors (Lipinski definition) is 1. The molecular formula is C18H22ClNO. The van der Waals surface area contributed by atoms with Crippen LogP contribution in [0.3, 0.4) is 0 Å². The average molecular weight is 304 g/mol. The molecule has 3 heteroatoms. The van der Waals surface area contributed by atoms with E-state index < -0.39 is 0 Å². The normalized spacial score (nSPS) is 12.2. The van der Waals surface area contributed by atoms with Crippen LogP contribution in [0.4, 0.5) is 0 Å². The average Bonchev–Trinajstić information content (AvgIpc) is 2.44. The zero-order valence-corrected chi connectivity index (χ0v) is 13.6. The molecule has 1 atom stereocenters. The summed E-state index contributed by atoms with van der Waals surface area (Å²) < 4.78 is 6.01. The standard InChI is InChI=1S/C18H22ClNO/c1-4-15(20)11-14-9-12(2)5-7-17(14)21-18-8-6-13(3)10-16(18)19/h5-10,15H,4,11,20H2,1-3H3. The highest BCUT2D eigenvalue weighted by Crippen LogP contribution is 2.32. The van der Waals surface area contributed by atoms with Gasteiger partial charge in [0.05, 0.1) is 5.02 Å². The Balaban J connectivity index is 2.30. The monoisotopic (exact) mass is 303 g/mol. The minimum absolute atomic E-state index is 0.141. The van der Waals surface area contributed by atoms with Crippen LogP contribution in [0.5, 0.6) is 11.5 Å². The topological polar surface area (TPSA) is 35.2 Å². The van der Waals surface area contributed by atoms with Crippen molar-refractivity contribution in [1.82, 2.24) is 0 Å². The second kappa shape index (κ2) is 6.97. The first kappa shape index (κ1) is 15.9. The van der Waals surface area contributed by atoms with E-state index in [1.807, 2.05) is 37.3 Å². The Morgan fingerprint density at radius 1 is 1.05 bits per heavy atom. The third-order valence-electron chi connectivity index (χ3n) is 3.53. The molecule has 2 nitrogen and oxygen atoms in total. The Bertz CT molecular complexity index is 625. The second-order valence-corrected chi connectivity index (χ2v) is 5.93. The Morgan fingerprint density at radius 2 is 1.67 bits per heavy atom. The lowest BCUT2D eigenvalue weighted by atomic mass is 10.0. The van der Waals surface area contributed by atoms with E-state index in [-0.39, 0.29) is 6.04 Å². The van der Waals surface area contributed by atoms with Gasteiger partial charge >= 0.3 is 0 Å². The minimum atomic E-state index is 0.141. The fraction of sp³-hybridized carbons (Fsp3) is 0.333. The lowest BCUT2D eigenvalue weighted by Crippen LogP contribution is -2.21. The number of halogens is 1. The van der Waals surface area contributed by atoms with Gasteiger partial charge in [-0.1, -0.05) is 42.3 Å². The summed E-state index contributed by atoms with van der Waals surface area (Å²) in [5, 5.41) is 0.626. The first-order chi connectivity index (χ1) is 9.99. The Hall–Kier alpha value is -1.51. The lowest BCUT2D eigenvalue weighted by Gasteiger charge is -2.16. The highest BCUT2D eigenvalue weighted by atomic mass is 35.5. The maximum Gasteiger partial charge on any atom is 0.146 e. The molecule has 2 rings (SSSR count). The molecule has 0 aliphatic carbocycles. The molecule has 2 aromatic rings. The van der Waals surface area contributed by atoms with Gasteiger partial charge in [-0.2, -0.15) is 0 Å². The van der Waals surface area contributed by atoms with Gasteiger partial charge in [-0.3, -0.25) is 0 Å². The van der Waals surface area contributed by atoms with E-state index in [2.05, 4.69) is 19.9 Å². The SMILES string of the molecule is CCC(N)Cc1cc(C)ccc1Oc1ccc(C)cc1Cl. The molecule has 0 amide bonds. The Morgan fingerprint density at radius 3 is 2.29 bits per heavy atom. The molecule has 0 spiro atoms. The molecule has 2 N–H and O–H groups in total. The number of hydrogen-bond acceptors (Lipinski definition) is 2. The summed E-state index contributed by atoms with van der Waals surface area (Å²) in [5.74, 6) is 1.51. The van der Waals surface area contributed by atoms with Gasteiger partial charge in [-0.05, 0) is 56.0 Å². The van der Waals surface area contributed by atoms with Crippen molar-refractivity contribution in [1.29, 1.82) is 0 Å².